The summed E-state index contributed by atoms with van der Waals surface area (Å²) in [6.07, 6.45) is 1.75. The minimum atomic E-state index is 0.167. The number of benzene rings is 1. The van der Waals surface area contributed by atoms with Crippen LogP contribution in [0.5, 0.6) is 5.88 Å². The van der Waals surface area contributed by atoms with Crippen LogP contribution >= 0.6 is 0 Å². The predicted octanol–water partition coefficient (Wildman–Crippen LogP) is 2.57. The smallest absolute Gasteiger partial charge is 0.213 e. The van der Waals surface area contributed by atoms with Crippen LogP contribution in [-0.2, 0) is 11.3 Å². The Kier molecular flexibility index (Phi) is 5.53. The van der Waals surface area contributed by atoms with Gasteiger partial charge < -0.3 is 14.8 Å². The first-order valence-electron chi connectivity index (χ1n) is 6.59. The first-order valence-corrected chi connectivity index (χ1v) is 6.59. The zero-order chi connectivity index (χ0) is 14.2. The van der Waals surface area contributed by atoms with Crippen LogP contribution in [0.2, 0.25) is 0 Å². The van der Waals surface area contributed by atoms with Crippen molar-refractivity contribution in [2.24, 2.45) is 0 Å². The molecule has 0 amide bonds. The molecular formula is C16H20N2O2. The maximum Gasteiger partial charge on any atom is 0.213 e. The molecule has 1 N–H and O–H groups in total. The van der Waals surface area contributed by atoms with Gasteiger partial charge in [-0.25, -0.2) is 4.98 Å². The average molecular weight is 272 g/mol. The van der Waals surface area contributed by atoms with E-state index in [-0.39, 0.29) is 6.04 Å². The van der Waals surface area contributed by atoms with Crippen molar-refractivity contribution >= 4 is 0 Å². The summed E-state index contributed by atoms with van der Waals surface area (Å²) in [7, 11) is 3.34. The van der Waals surface area contributed by atoms with E-state index in [9.17, 15) is 0 Å². The minimum Gasteiger partial charge on any atom is -0.481 e. The molecule has 0 aliphatic heterocycles. The molecule has 1 unspecified atom stereocenters. The topological polar surface area (TPSA) is 43.4 Å². The molecule has 4 nitrogen and oxygen atoms in total. The van der Waals surface area contributed by atoms with Gasteiger partial charge in [0.1, 0.15) is 0 Å². The Balaban J connectivity index is 2.02. The third-order valence-electron chi connectivity index (χ3n) is 3.10. The number of hydrogen-bond acceptors (Lipinski definition) is 4. The monoisotopic (exact) mass is 272 g/mol. The summed E-state index contributed by atoms with van der Waals surface area (Å²) in [4.78, 5) is 4.10. The first-order chi connectivity index (χ1) is 9.83. The zero-order valence-corrected chi connectivity index (χ0v) is 11.9. The van der Waals surface area contributed by atoms with Crippen molar-refractivity contribution in [3.05, 3.63) is 59.8 Å². The Morgan fingerprint density at radius 2 is 1.95 bits per heavy atom. The van der Waals surface area contributed by atoms with Gasteiger partial charge in [0, 0.05) is 25.9 Å². The largest absolute Gasteiger partial charge is 0.481 e. The Hall–Kier alpha value is -1.91. The summed E-state index contributed by atoms with van der Waals surface area (Å²) in [5.41, 5.74) is 2.35. The molecule has 1 heterocycles. The standard InChI is InChI=1S/C16H20N2O2/c1-19-12-15(14-6-4-3-5-7-14)18-11-13-8-9-17-16(10-13)20-2/h3-10,15,18H,11-12H2,1-2H3. The highest BCUT2D eigenvalue weighted by Gasteiger charge is 2.10. The van der Waals surface area contributed by atoms with Gasteiger partial charge in [-0.2, -0.15) is 0 Å². The Labute approximate surface area is 119 Å². The molecule has 1 aromatic carbocycles. The van der Waals surface area contributed by atoms with Gasteiger partial charge in [-0.3, -0.25) is 0 Å². The number of hydrogen-bond donors (Lipinski definition) is 1. The van der Waals surface area contributed by atoms with Crippen LogP contribution in [0.25, 0.3) is 0 Å². The molecule has 1 atom stereocenters. The molecule has 0 saturated carbocycles. The van der Waals surface area contributed by atoms with Crippen molar-refractivity contribution in [1.29, 1.82) is 0 Å². The lowest BCUT2D eigenvalue weighted by atomic mass is 10.1. The van der Waals surface area contributed by atoms with Gasteiger partial charge in [0.2, 0.25) is 5.88 Å². The second-order valence-corrected chi connectivity index (χ2v) is 4.51. The van der Waals surface area contributed by atoms with Gasteiger partial charge in [0.05, 0.1) is 19.8 Å². The SMILES string of the molecule is COCC(NCc1ccnc(OC)c1)c1ccccc1. The van der Waals surface area contributed by atoms with Crippen molar-refractivity contribution < 1.29 is 9.47 Å². The molecule has 0 spiro atoms. The molecule has 2 rings (SSSR count). The summed E-state index contributed by atoms with van der Waals surface area (Å²) >= 11 is 0. The second-order valence-electron chi connectivity index (χ2n) is 4.51. The van der Waals surface area contributed by atoms with Gasteiger partial charge in [0.15, 0.2) is 0 Å². The van der Waals surface area contributed by atoms with Gasteiger partial charge in [0.25, 0.3) is 0 Å². The lowest BCUT2D eigenvalue weighted by molar-refractivity contribution is 0.166. The highest BCUT2D eigenvalue weighted by atomic mass is 16.5. The maximum absolute atomic E-state index is 5.29. The Bertz CT molecular complexity index is 517. The number of nitrogens with zero attached hydrogens (tertiary/aromatic N) is 1. The third-order valence-corrected chi connectivity index (χ3v) is 3.10. The first kappa shape index (κ1) is 14.5. The van der Waals surface area contributed by atoms with E-state index in [0.717, 1.165) is 12.1 Å². The fourth-order valence-corrected chi connectivity index (χ4v) is 2.04. The van der Waals surface area contributed by atoms with Gasteiger partial charge in [-0.1, -0.05) is 30.3 Å². The quantitative estimate of drug-likeness (QED) is 0.841. The van der Waals surface area contributed by atoms with E-state index in [0.29, 0.717) is 12.5 Å². The third kappa shape index (κ3) is 4.05. The Morgan fingerprint density at radius 1 is 1.15 bits per heavy atom. The molecule has 0 saturated heterocycles. The molecule has 0 aliphatic carbocycles. The van der Waals surface area contributed by atoms with E-state index in [2.05, 4.69) is 22.4 Å². The van der Waals surface area contributed by atoms with Gasteiger partial charge in [-0.15, -0.1) is 0 Å². The van der Waals surface area contributed by atoms with E-state index in [1.807, 2.05) is 30.3 Å². The molecule has 4 heteroatoms. The molecule has 0 bridgehead atoms. The van der Waals surface area contributed by atoms with Crippen LogP contribution in [0.4, 0.5) is 0 Å². The van der Waals surface area contributed by atoms with Crippen LogP contribution in [0, 0.1) is 0 Å². The van der Waals surface area contributed by atoms with Gasteiger partial charge in [-0.05, 0) is 17.2 Å². The van der Waals surface area contributed by atoms with Crippen LogP contribution in [0.3, 0.4) is 0 Å². The summed E-state index contributed by atoms with van der Waals surface area (Å²) in [6.45, 7) is 1.37. The molecule has 0 radical (unpaired) electrons. The summed E-state index contributed by atoms with van der Waals surface area (Å²) < 4.78 is 10.4. The minimum absolute atomic E-state index is 0.167. The number of ether oxygens (including phenoxy) is 2. The van der Waals surface area contributed by atoms with Crippen molar-refractivity contribution in [3.63, 3.8) is 0 Å². The van der Waals surface area contributed by atoms with E-state index in [1.54, 1.807) is 20.4 Å². The summed E-state index contributed by atoms with van der Waals surface area (Å²) in [6, 6.07) is 14.4. The van der Waals surface area contributed by atoms with Crippen LogP contribution in [-0.4, -0.2) is 25.8 Å². The fourth-order valence-electron chi connectivity index (χ4n) is 2.04. The number of methoxy groups -OCH3 is 2. The molecule has 1 aromatic heterocycles. The van der Waals surface area contributed by atoms with Crippen molar-refractivity contribution in [2.45, 2.75) is 12.6 Å². The van der Waals surface area contributed by atoms with E-state index >= 15 is 0 Å². The zero-order valence-electron chi connectivity index (χ0n) is 11.9. The maximum atomic E-state index is 5.29. The van der Waals surface area contributed by atoms with Crippen LogP contribution in [0.1, 0.15) is 17.2 Å². The lowest BCUT2D eigenvalue weighted by Gasteiger charge is -2.18. The molecule has 0 fully saturated rings. The van der Waals surface area contributed by atoms with Crippen molar-refractivity contribution in [2.75, 3.05) is 20.8 Å². The van der Waals surface area contributed by atoms with Gasteiger partial charge >= 0.3 is 0 Å². The van der Waals surface area contributed by atoms with E-state index in [4.69, 9.17) is 9.47 Å². The van der Waals surface area contributed by atoms with Crippen LogP contribution in [0.15, 0.2) is 48.7 Å². The molecule has 20 heavy (non-hydrogen) atoms. The number of aromatic nitrogens is 1. The van der Waals surface area contributed by atoms with Crippen LogP contribution < -0.4 is 10.1 Å². The molecular weight excluding hydrogens is 252 g/mol. The van der Waals surface area contributed by atoms with Crippen molar-refractivity contribution in [1.82, 2.24) is 10.3 Å². The fraction of sp³-hybridized carbons (Fsp3) is 0.312. The summed E-state index contributed by atoms with van der Waals surface area (Å²) in [5, 5.41) is 3.50. The second kappa shape index (κ2) is 7.62. The predicted molar refractivity (Wildman–Crippen MR) is 78.7 cm³/mol. The van der Waals surface area contributed by atoms with E-state index in [1.165, 1.54) is 5.56 Å². The molecule has 0 aliphatic rings. The average Bonchev–Trinajstić information content (AvgIpc) is 2.52. The molecule has 2 aromatic rings. The normalized spacial score (nSPS) is 12.1. The number of pyridine rings is 1. The van der Waals surface area contributed by atoms with E-state index < -0.39 is 0 Å². The van der Waals surface area contributed by atoms with Crippen molar-refractivity contribution in [3.8, 4) is 5.88 Å². The highest BCUT2D eigenvalue weighted by molar-refractivity contribution is 5.22. The number of rotatable bonds is 7. The Morgan fingerprint density at radius 3 is 2.65 bits per heavy atom. The summed E-state index contributed by atoms with van der Waals surface area (Å²) in [5.74, 6) is 0.632. The lowest BCUT2D eigenvalue weighted by Crippen LogP contribution is -2.24. The molecule has 106 valence electrons. The number of nitrogens with one attached hydrogen (secondary N) is 1. The highest BCUT2D eigenvalue weighted by Crippen LogP contribution is 2.15.